The third-order valence-electron chi connectivity index (χ3n) is 7.80. The van der Waals surface area contributed by atoms with Gasteiger partial charge in [-0.05, 0) is 69.6 Å². The van der Waals surface area contributed by atoms with Crippen LogP contribution in [0.15, 0.2) is 40.0 Å². The van der Waals surface area contributed by atoms with Gasteiger partial charge in [0.2, 0.25) is 5.91 Å². The molecule has 3 N–H and O–H groups in total. The molecule has 0 spiro atoms. The molecule has 0 aliphatic heterocycles. The summed E-state index contributed by atoms with van der Waals surface area (Å²) in [5.74, 6) is 0.279. The van der Waals surface area contributed by atoms with Crippen LogP contribution < -0.4 is 16.2 Å². The van der Waals surface area contributed by atoms with Gasteiger partial charge in [-0.1, -0.05) is 20.8 Å². The van der Waals surface area contributed by atoms with Gasteiger partial charge in [-0.25, -0.2) is 4.68 Å². The second kappa shape index (κ2) is 9.48. The zero-order valence-corrected chi connectivity index (χ0v) is 21.1. The first-order valence-corrected chi connectivity index (χ1v) is 12.3. The van der Waals surface area contributed by atoms with Crippen LogP contribution in [0, 0.1) is 23.2 Å². The first-order valence-electron chi connectivity index (χ1n) is 11.5. The molecule has 5 atom stereocenters. The molecule has 9 nitrogen and oxygen atoms in total. The molecule has 1 amide bonds. The second-order valence-electron chi connectivity index (χ2n) is 10.0. The summed E-state index contributed by atoms with van der Waals surface area (Å²) < 4.78 is 1.40. The van der Waals surface area contributed by atoms with Gasteiger partial charge >= 0.3 is 5.97 Å². The molecule has 0 saturated heterocycles. The number of nitrogens with one attached hydrogen (secondary N) is 2. The number of anilines is 1. The fraction of sp³-hybridized carbons (Fsp3) is 0.542. The zero-order valence-electron chi connectivity index (χ0n) is 19.5. The van der Waals surface area contributed by atoms with E-state index in [1.54, 1.807) is 18.3 Å². The summed E-state index contributed by atoms with van der Waals surface area (Å²) in [6.45, 7) is 6.63. The van der Waals surface area contributed by atoms with E-state index in [0.717, 1.165) is 11.1 Å². The standard InChI is InChI=1S/C24H30BrN5O4/c1-13-16-8-15(24(16,2)3)9-17(13)28-19-11-27-30(23(34)22(19)25)12-20(31)29-18(10-21(32)33)14-4-6-26-7-5-14/h4-7,11,13,15-18,28H,8-10,12H2,1-3H3,(H,29,31)(H,32,33)/t13-,15-,16+,17-,18?/m1/s1. The van der Waals surface area contributed by atoms with Crippen molar-refractivity contribution in [1.29, 1.82) is 0 Å². The number of rotatable bonds is 8. The van der Waals surface area contributed by atoms with Crippen molar-refractivity contribution in [3.8, 4) is 0 Å². The lowest BCUT2D eigenvalue weighted by Crippen LogP contribution is -2.58. The normalized spacial score (nSPS) is 25.6. The van der Waals surface area contributed by atoms with Gasteiger partial charge in [0.05, 0.1) is 24.3 Å². The first kappa shape index (κ1) is 24.4. The lowest BCUT2D eigenvalue weighted by molar-refractivity contribution is -0.137. The van der Waals surface area contributed by atoms with Crippen LogP contribution in [0.3, 0.4) is 0 Å². The monoisotopic (exact) mass is 531 g/mol. The van der Waals surface area contributed by atoms with E-state index in [1.165, 1.54) is 18.8 Å². The van der Waals surface area contributed by atoms with E-state index in [9.17, 15) is 19.5 Å². The van der Waals surface area contributed by atoms with Crippen molar-refractivity contribution in [2.75, 3.05) is 5.32 Å². The molecule has 3 saturated carbocycles. The minimum absolute atomic E-state index is 0.269. The lowest BCUT2D eigenvalue weighted by atomic mass is 9.45. The minimum Gasteiger partial charge on any atom is -0.481 e. The molecule has 2 heterocycles. The Balaban J connectivity index is 1.43. The van der Waals surface area contributed by atoms with Gasteiger partial charge in [0, 0.05) is 18.4 Å². The van der Waals surface area contributed by atoms with Crippen molar-refractivity contribution in [3.63, 3.8) is 0 Å². The Bertz CT molecular complexity index is 1140. The Hall–Kier alpha value is -2.75. The summed E-state index contributed by atoms with van der Waals surface area (Å²) in [7, 11) is 0. The van der Waals surface area contributed by atoms with E-state index in [2.05, 4.69) is 57.4 Å². The first-order chi connectivity index (χ1) is 16.1. The maximum Gasteiger partial charge on any atom is 0.305 e. The Labute approximate surface area is 206 Å². The molecular formula is C24H30BrN5O4. The van der Waals surface area contributed by atoms with Crippen molar-refractivity contribution in [2.45, 2.75) is 58.7 Å². The predicted molar refractivity (Wildman–Crippen MR) is 130 cm³/mol. The molecule has 3 aliphatic rings. The quantitative estimate of drug-likeness (QED) is 0.477. The number of aromatic nitrogens is 3. The van der Waals surface area contributed by atoms with Gasteiger partial charge in [0.1, 0.15) is 11.0 Å². The molecule has 0 radical (unpaired) electrons. The number of carbonyl (C=O) groups is 2. The highest BCUT2D eigenvalue weighted by molar-refractivity contribution is 9.10. The van der Waals surface area contributed by atoms with Gasteiger partial charge in [0.15, 0.2) is 0 Å². The molecule has 3 aliphatic carbocycles. The molecule has 2 aromatic heterocycles. The van der Waals surface area contributed by atoms with Crippen LogP contribution in [-0.2, 0) is 16.1 Å². The van der Waals surface area contributed by atoms with Crippen molar-refractivity contribution < 1.29 is 14.7 Å². The van der Waals surface area contributed by atoms with E-state index in [1.807, 2.05) is 0 Å². The number of hydrogen-bond donors (Lipinski definition) is 3. The summed E-state index contributed by atoms with van der Waals surface area (Å²) in [4.78, 5) is 40.7. The van der Waals surface area contributed by atoms with E-state index >= 15 is 0 Å². The second-order valence-corrected chi connectivity index (χ2v) is 10.8. The summed E-state index contributed by atoms with van der Waals surface area (Å²) in [5, 5.41) is 19.6. The summed E-state index contributed by atoms with van der Waals surface area (Å²) >= 11 is 3.38. The number of hydrogen-bond acceptors (Lipinski definition) is 6. The van der Waals surface area contributed by atoms with Crippen molar-refractivity contribution in [1.82, 2.24) is 20.1 Å². The maximum absolute atomic E-state index is 12.9. The number of halogens is 1. The molecule has 1 unspecified atom stereocenters. The fourth-order valence-corrected chi connectivity index (χ4v) is 6.04. The number of fused-ring (bicyclic) bond motifs is 2. The topological polar surface area (TPSA) is 126 Å². The van der Waals surface area contributed by atoms with Crippen LogP contribution in [0.4, 0.5) is 5.69 Å². The number of nitrogens with zero attached hydrogens (tertiary/aromatic N) is 3. The van der Waals surface area contributed by atoms with E-state index in [4.69, 9.17) is 0 Å². The molecular weight excluding hydrogens is 502 g/mol. The Kier molecular flexibility index (Phi) is 6.80. The Morgan fingerprint density at radius 1 is 1.29 bits per heavy atom. The van der Waals surface area contributed by atoms with Crippen LogP contribution >= 0.6 is 15.9 Å². The molecule has 2 bridgehead atoms. The van der Waals surface area contributed by atoms with Gasteiger partial charge < -0.3 is 15.7 Å². The molecule has 34 heavy (non-hydrogen) atoms. The van der Waals surface area contributed by atoms with Crippen molar-refractivity contribution in [2.24, 2.45) is 23.2 Å². The molecule has 0 aromatic carbocycles. The van der Waals surface area contributed by atoms with Crippen molar-refractivity contribution >= 4 is 33.5 Å². The molecule has 182 valence electrons. The third-order valence-corrected chi connectivity index (χ3v) is 8.56. The van der Waals surface area contributed by atoms with Gasteiger partial charge in [0.25, 0.3) is 5.56 Å². The van der Waals surface area contributed by atoms with Gasteiger partial charge in [-0.3, -0.25) is 19.4 Å². The minimum atomic E-state index is -1.05. The average Bonchev–Trinajstić information content (AvgIpc) is 2.79. The van der Waals surface area contributed by atoms with Crippen LogP contribution in [0.2, 0.25) is 0 Å². The summed E-state index contributed by atoms with van der Waals surface area (Å²) in [6, 6.07) is 2.82. The number of aliphatic carboxylic acids is 1. The number of carbonyl (C=O) groups excluding carboxylic acids is 1. The van der Waals surface area contributed by atoms with Crippen LogP contribution in [0.25, 0.3) is 0 Å². The smallest absolute Gasteiger partial charge is 0.305 e. The number of pyridine rings is 1. The number of amides is 1. The number of carboxylic acids is 1. The highest BCUT2D eigenvalue weighted by atomic mass is 79.9. The van der Waals surface area contributed by atoms with E-state index < -0.39 is 23.5 Å². The van der Waals surface area contributed by atoms with Gasteiger partial charge in [-0.15, -0.1) is 0 Å². The maximum atomic E-state index is 12.9. The zero-order chi connectivity index (χ0) is 24.6. The van der Waals surface area contributed by atoms with E-state index in [-0.39, 0.29) is 19.0 Å². The van der Waals surface area contributed by atoms with Gasteiger partial charge in [-0.2, -0.15) is 5.10 Å². The largest absolute Gasteiger partial charge is 0.481 e. The van der Waals surface area contributed by atoms with Crippen LogP contribution in [-0.4, -0.2) is 37.8 Å². The molecule has 10 heteroatoms. The number of carboxylic acid groups (broad SMARTS) is 1. The molecule has 2 aromatic rings. The molecule has 3 fully saturated rings. The van der Waals surface area contributed by atoms with Crippen molar-refractivity contribution in [3.05, 3.63) is 51.1 Å². The fourth-order valence-electron chi connectivity index (χ4n) is 5.62. The highest BCUT2D eigenvalue weighted by Crippen LogP contribution is 2.61. The predicted octanol–water partition coefficient (Wildman–Crippen LogP) is 3.22. The average molecular weight is 532 g/mol. The molecule has 5 rings (SSSR count). The van der Waals surface area contributed by atoms with E-state index in [0.29, 0.717) is 38.9 Å². The van der Waals surface area contributed by atoms with Crippen LogP contribution in [0.5, 0.6) is 0 Å². The Morgan fingerprint density at radius 3 is 2.62 bits per heavy atom. The third kappa shape index (κ3) is 4.73. The Morgan fingerprint density at radius 2 is 2.00 bits per heavy atom. The SMILES string of the molecule is C[C@H]1[C@H](Nc2cnn(CC(=O)NC(CC(=O)O)c3ccncc3)c(=O)c2Br)C[C@H]2C[C@@H]1C2(C)C. The summed E-state index contributed by atoms with van der Waals surface area (Å²) in [5.41, 5.74) is 1.19. The highest BCUT2D eigenvalue weighted by Gasteiger charge is 2.56. The van der Waals surface area contributed by atoms with Crippen LogP contribution in [0.1, 0.15) is 51.6 Å². The lowest BCUT2D eigenvalue weighted by Gasteiger charge is -2.62. The summed E-state index contributed by atoms with van der Waals surface area (Å²) in [6.07, 6.45) is 6.66.